The summed E-state index contributed by atoms with van der Waals surface area (Å²) in [4.78, 5) is 35.9. The normalized spacial score (nSPS) is 11.7. The van der Waals surface area contributed by atoms with Gasteiger partial charge in [-0.1, -0.05) is 11.6 Å². The van der Waals surface area contributed by atoms with E-state index in [1.807, 2.05) is 0 Å². The monoisotopic (exact) mass is 385 g/mol. The van der Waals surface area contributed by atoms with Crippen LogP contribution in [0.25, 0.3) is 0 Å². The van der Waals surface area contributed by atoms with Gasteiger partial charge in [-0.3, -0.25) is 19.3 Å². The van der Waals surface area contributed by atoms with Gasteiger partial charge in [-0.25, -0.2) is 0 Å². The van der Waals surface area contributed by atoms with Crippen LogP contribution >= 0.6 is 11.6 Å². The summed E-state index contributed by atoms with van der Waals surface area (Å²) in [5.74, 6) is -1.01. The van der Waals surface area contributed by atoms with Gasteiger partial charge in [0.2, 0.25) is 11.8 Å². The number of carbonyl (C=O) groups excluding carboxylic acids is 2. The molecular weight excluding hydrogens is 362 g/mol. The van der Waals surface area contributed by atoms with Gasteiger partial charge in [-0.05, 0) is 25.1 Å². The van der Waals surface area contributed by atoms with Crippen LogP contribution in [0.3, 0.4) is 0 Å². The number of carboxylic acid groups (broad SMARTS) is 1. The van der Waals surface area contributed by atoms with Crippen molar-refractivity contribution in [3.63, 3.8) is 0 Å². The van der Waals surface area contributed by atoms with Gasteiger partial charge in [0.05, 0.1) is 13.7 Å². The highest BCUT2D eigenvalue weighted by Gasteiger charge is 2.22. The highest BCUT2D eigenvalue weighted by molar-refractivity contribution is 6.30. The molecule has 8 nitrogen and oxygen atoms in total. The van der Waals surface area contributed by atoms with Crippen molar-refractivity contribution in [3.05, 3.63) is 28.8 Å². The largest absolute Gasteiger partial charge is 0.496 e. The predicted octanol–water partition coefficient (Wildman–Crippen LogP) is 0.876. The minimum absolute atomic E-state index is 0.115. The van der Waals surface area contributed by atoms with Gasteiger partial charge in [0.15, 0.2) is 0 Å². The fourth-order valence-electron chi connectivity index (χ4n) is 2.26. The molecule has 0 bridgehead atoms. The molecule has 2 amide bonds. The van der Waals surface area contributed by atoms with E-state index in [0.717, 1.165) is 0 Å². The van der Waals surface area contributed by atoms with Crippen molar-refractivity contribution in [1.29, 1.82) is 0 Å². The van der Waals surface area contributed by atoms with E-state index < -0.39 is 12.0 Å². The Hall–Kier alpha value is -2.32. The fourth-order valence-corrected chi connectivity index (χ4v) is 2.46. The third kappa shape index (κ3) is 7.28. The summed E-state index contributed by atoms with van der Waals surface area (Å²) in [6, 6.07) is 4.21. The summed E-state index contributed by atoms with van der Waals surface area (Å²) in [6.45, 7) is 3.43. The number of carboxylic acids is 1. The number of aliphatic carboxylic acids is 1. The summed E-state index contributed by atoms with van der Waals surface area (Å²) < 4.78 is 5.22. The number of benzene rings is 1. The second-order valence-corrected chi connectivity index (χ2v) is 6.14. The smallest absolute Gasteiger partial charge is 0.320 e. The van der Waals surface area contributed by atoms with Crippen molar-refractivity contribution in [2.24, 2.45) is 0 Å². The van der Waals surface area contributed by atoms with Crippen molar-refractivity contribution in [3.8, 4) is 5.75 Å². The van der Waals surface area contributed by atoms with Gasteiger partial charge < -0.3 is 20.5 Å². The van der Waals surface area contributed by atoms with E-state index in [-0.39, 0.29) is 38.0 Å². The number of carbonyl (C=O) groups is 3. The Bertz CT molecular complexity index is 653. The molecule has 0 heterocycles. The molecular formula is C17H24ClN3O5. The van der Waals surface area contributed by atoms with Crippen LogP contribution in [0.2, 0.25) is 5.02 Å². The van der Waals surface area contributed by atoms with Gasteiger partial charge in [-0.2, -0.15) is 0 Å². The van der Waals surface area contributed by atoms with Gasteiger partial charge >= 0.3 is 5.97 Å². The molecule has 1 rings (SSSR count). The Labute approximate surface area is 157 Å². The molecule has 0 aliphatic heterocycles. The third-order valence-corrected chi connectivity index (χ3v) is 3.98. The molecule has 1 aromatic rings. The van der Waals surface area contributed by atoms with E-state index >= 15 is 0 Å². The molecule has 3 N–H and O–H groups in total. The first-order chi connectivity index (χ1) is 12.2. The first-order valence-corrected chi connectivity index (χ1v) is 8.42. The number of amides is 2. The van der Waals surface area contributed by atoms with Crippen molar-refractivity contribution in [1.82, 2.24) is 15.5 Å². The number of hydrogen-bond acceptors (Lipinski definition) is 5. The van der Waals surface area contributed by atoms with Crippen molar-refractivity contribution in [2.75, 3.05) is 26.7 Å². The predicted molar refractivity (Wildman–Crippen MR) is 97.2 cm³/mol. The number of hydrogen-bond donors (Lipinski definition) is 3. The Morgan fingerprint density at radius 2 is 2.00 bits per heavy atom. The molecule has 0 aliphatic rings. The maximum atomic E-state index is 12.2. The van der Waals surface area contributed by atoms with Crippen molar-refractivity contribution < 1.29 is 24.2 Å². The Balaban J connectivity index is 2.66. The lowest BCUT2D eigenvalue weighted by atomic mass is 10.2. The number of nitrogens with zero attached hydrogens (tertiary/aromatic N) is 1. The summed E-state index contributed by atoms with van der Waals surface area (Å²) in [5.41, 5.74) is 0.712. The van der Waals surface area contributed by atoms with Crippen LogP contribution in [0.1, 0.15) is 19.4 Å². The maximum Gasteiger partial charge on any atom is 0.320 e. The third-order valence-electron chi connectivity index (χ3n) is 3.74. The van der Waals surface area contributed by atoms with Crippen LogP contribution in [0.15, 0.2) is 18.2 Å². The summed E-state index contributed by atoms with van der Waals surface area (Å²) >= 11 is 5.96. The van der Waals surface area contributed by atoms with Crippen molar-refractivity contribution >= 4 is 29.4 Å². The molecule has 0 aromatic heterocycles. The zero-order valence-corrected chi connectivity index (χ0v) is 15.8. The molecule has 1 aromatic carbocycles. The van der Waals surface area contributed by atoms with Gasteiger partial charge in [-0.15, -0.1) is 0 Å². The summed E-state index contributed by atoms with van der Waals surface area (Å²) in [5, 5.41) is 15.0. The van der Waals surface area contributed by atoms with E-state index in [4.69, 9.17) is 16.3 Å². The first kappa shape index (κ1) is 21.7. The van der Waals surface area contributed by atoms with Crippen LogP contribution in [0.4, 0.5) is 0 Å². The van der Waals surface area contributed by atoms with E-state index in [1.54, 1.807) is 18.2 Å². The van der Waals surface area contributed by atoms with Crippen LogP contribution < -0.4 is 15.4 Å². The lowest BCUT2D eigenvalue weighted by Gasteiger charge is -2.25. The van der Waals surface area contributed by atoms with Gasteiger partial charge in [0.1, 0.15) is 11.8 Å². The molecule has 0 spiro atoms. The first-order valence-electron chi connectivity index (χ1n) is 8.05. The summed E-state index contributed by atoms with van der Waals surface area (Å²) in [6.07, 6.45) is 0. The Morgan fingerprint density at radius 1 is 1.31 bits per heavy atom. The Morgan fingerprint density at radius 3 is 2.58 bits per heavy atom. The molecule has 9 heteroatoms. The molecule has 1 unspecified atom stereocenters. The standard InChI is InChI=1S/C17H24ClN3O5/c1-11(17(24)25)21(7-6-19-12(2)22)10-16(23)20-9-13-8-14(18)4-5-15(13)26-3/h4-5,8,11H,6-7,9-10H2,1-3H3,(H,19,22)(H,20,23)(H,24,25). The van der Waals surface area contributed by atoms with E-state index in [1.165, 1.54) is 25.9 Å². The zero-order valence-electron chi connectivity index (χ0n) is 15.0. The van der Waals surface area contributed by atoms with Gasteiger partial charge in [0.25, 0.3) is 0 Å². The van der Waals surface area contributed by atoms with Crippen LogP contribution in [-0.2, 0) is 20.9 Å². The second kappa shape index (κ2) is 10.6. The zero-order chi connectivity index (χ0) is 19.7. The molecule has 0 saturated heterocycles. The van der Waals surface area contributed by atoms with Crippen LogP contribution in [-0.4, -0.2) is 60.6 Å². The molecule has 0 saturated carbocycles. The molecule has 0 radical (unpaired) electrons. The highest BCUT2D eigenvalue weighted by atomic mass is 35.5. The molecule has 0 aliphatic carbocycles. The number of halogens is 1. The minimum Gasteiger partial charge on any atom is -0.496 e. The SMILES string of the molecule is COc1ccc(Cl)cc1CNC(=O)CN(CCNC(C)=O)C(C)C(=O)O. The second-order valence-electron chi connectivity index (χ2n) is 5.70. The lowest BCUT2D eigenvalue weighted by molar-refractivity contribution is -0.143. The number of rotatable bonds is 10. The molecule has 0 fully saturated rings. The molecule has 26 heavy (non-hydrogen) atoms. The quantitative estimate of drug-likeness (QED) is 0.551. The molecule has 1 atom stereocenters. The lowest BCUT2D eigenvalue weighted by Crippen LogP contribution is -2.47. The van der Waals surface area contributed by atoms with E-state index in [0.29, 0.717) is 16.3 Å². The molecule has 144 valence electrons. The van der Waals surface area contributed by atoms with E-state index in [9.17, 15) is 19.5 Å². The maximum absolute atomic E-state index is 12.2. The number of nitrogens with one attached hydrogen (secondary N) is 2. The number of methoxy groups -OCH3 is 1. The minimum atomic E-state index is -1.04. The Kier molecular flexibility index (Phi) is 8.87. The summed E-state index contributed by atoms with van der Waals surface area (Å²) in [7, 11) is 1.52. The fraction of sp³-hybridized carbons (Fsp3) is 0.471. The highest BCUT2D eigenvalue weighted by Crippen LogP contribution is 2.22. The topological polar surface area (TPSA) is 108 Å². The van der Waals surface area contributed by atoms with Gasteiger partial charge in [0, 0.05) is 37.1 Å². The van der Waals surface area contributed by atoms with Crippen molar-refractivity contribution in [2.45, 2.75) is 26.4 Å². The number of ether oxygens (including phenoxy) is 1. The average Bonchev–Trinajstić information content (AvgIpc) is 2.58. The van der Waals surface area contributed by atoms with E-state index in [2.05, 4.69) is 10.6 Å². The average molecular weight is 386 g/mol. The van der Waals surface area contributed by atoms with Crippen LogP contribution in [0.5, 0.6) is 5.75 Å². The van der Waals surface area contributed by atoms with Crippen LogP contribution in [0, 0.1) is 0 Å².